The van der Waals surface area contributed by atoms with Crippen LogP contribution in [-0.4, -0.2) is 33.0 Å². The molecule has 3 aromatic rings. The number of carbonyl (C=O) groups excluding carboxylic acids is 2. The van der Waals surface area contributed by atoms with Crippen LogP contribution < -0.4 is 4.90 Å². The van der Waals surface area contributed by atoms with Crippen LogP contribution in [0.25, 0.3) is 5.82 Å². The van der Waals surface area contributed by atoms with Crippen molar-refractivity contribution in [3.63, 3.8) is 0 Å². The van der Waals surface area contributed by atoms with E-state index >= 15 is 0 Å². The van der Waals surface area contributed by atoms with Crippen LogP contribution in [0.15, 0.2) is 48.8 Å². The van der Waals surface area contributed by atoms with Gasteiger partial charge in [-0.15, -0.1) is 0 Å². The molecule has 6 nitrogen and oxygen atoms in total. The smallest absolute Gasteiger partial charge is 0.261 e. The second-order valence-corrected chi connectivity index (χ2v) is 7.06. The van der Waals surface area contributed by atoms with Gasteiger partial charge in [-0.1, -0.05) is 18.2 Å². The molecule has 5 rings (SSSR count). The Morgan fingerprint density at radius 2 is 2.07 bits per heavy atom. The molecule has 3 heterocycles. The van der Waals surface area contributed by atoms with Gasteiger partial charge in [0.25, 0.3) is 5.91 Å². The molecule has 1 aliphatic heterocycles. The van der Waals surface area contributed by atoms with Gasteiger partial charge in [-0.25, -0.2) is 9.67 Å². The van der Waals surface area contributed by atoms with Gasteiger partial charge in [-0.2, -0.15) is 5.10 Å². The SMILES string of the molecule is Cc1c(C(=O)N2CC3CCC(=O)c4cccc2c43)cnn1-c1ccccn1. The Morgan fingerprint density at radius 1 is 1.19 bits per heavy atom. The molecule has 0 radical (unpaired) electrons. The molecule has 1 aliphatic carbocycles. The maximum atomic E-state index is 13.3. The molecule has 0 saturated heterocycles. The van der Waals surface area contributed by atoms with E-state index in [1.54, 1.807) is 22.0 Å². The number of hydrogen-bond acceptors (Lipinski definition) is 4. The van der Waals surface area contributed by atoms with E-state index in [1.807, 2.05) is 43.3 Å². The largest absolute Gasteiger partial charge is 0.307 e. The second kappa shape index (κ2) is 5.87. The van der Waals surface area contributed by atoms with E-state index in [-0.39, 0.29) is 17.6 Å². The number of hydrogen-bond donors (Lipinski definition) is 0. The fourth-order valence-corrected chi connectivity index (χ4v) is 4.21. The Morgan fingerprint density at radius 3 is 2.89 bits per heavy atom. The number of amides is 1. The molecule has 134 valence electrons. The third-order valence-corrected chi connectivity index (χ3v) is 5.56. The zero-order chi connectivity index (χ0) is 18.5. The van der Waals surface area contributed by atoms with Crippen LogP contribution >= 0.6 is 0 Å². The van der Waals surface area contributed by atoms with Gasteiger partial charge in [-0.3, -0.25) is 9.59 Å². The van der Waals surface area contributed by atoms with Crippen LogP contribution in [-0.2, 0) is 0 Å². The van der Waals surface area contributed by atoms with Gasteiger partial charge in [0.05, 0.1) is 17.5 Å². The minimum Gasteiger partial charge on any atom is -0.307 e. The first-order valence-corrected chi connectivity index (χ1v) is 9.09. The lowest BCUT2D eigenvalue weighted by Crippen LogP contribution is -2.30. The van der Waals surface area contributed by atoms with E-state index in [0.29, 0.717) is 24.3 Å². The Kier molecular flexibility index (Phi) is 3.47. The van der Waals surface area contributed by atoms with Crippen molar-refractivity contribution in [2.45, 2.75) is 25.7 Å². The van der Waals surface area contributed by atoms with Crippen LogP contribution in [0.2, 0.25) is 0 Å². The molecule has 0 fully saturated rings. The molecule has 0 N–H and O–H groups in total. The van der Waals surface area contributed by atoms with Crippen LogP contribution in [0.5, 0.6) is 0 Å². The monoisotopic (exact) mass is 358 g/mol. The molecule has 2 aliphatic rings. The number of carbonyl (C=O) groups is 2. The molecule has 1 unspecified atom stereocenters. The number of anilines is 1. The van der Waals surface area contributed by atoms with Crippen molar-refractivity contribution in [1.29, 1.82) is 0 Å². The van der Waals surface area contributed by atoms with Gasteiger partial charge >= 0.3 is 0 Å². The van der Waals surface area contributed by atoms with Crippen LogP contribution in [0.3, 0.4) is 0 Å². The van der Waals surface area contributed by atoms with E-state index in [0.717, 1.165) is 28.9 Å². The predicted molar refractivity (Wildman–Crippen MR) is 101 cm³/mol. The van der Waals surface area contributed by atoms with Crippen molar-refractivity contribution < 1.29 is 9.59 Å². The Hall–Kier alpha value is -3.28. The standard InChI is InChI=1S/C21H18N4O2/c1-13-16(11-23-25(13)19-7-2-3-10-22-19)21(27)24-12-14-8-9-18(26)15-5-4-6-17(24)20(14)15/h2-7,10-11,14H,8-9,12H2,1H3. The second-order valence-electron chi connectivity index (χ2n) is 7.06. The molecule has 2 aromatic heterocycles. The molecular weight excluding hydrogens is 340 g/mol. The summed E-state index contributed by atoms with van der Waals surface area (Å²) in [6.07, 6.45) is 4.67. The Balaban J connectivity index is 1.54. The molecule has 0 bridgehead atoms. The molecule has 1 atom stereocenters. The van der Waals surface area contributed by atoms with Crippen molar-refractivity contribution in [2.24, 2.45) is 0 Å². The van der Waals surface area contributed by atoms with Crippen LogP contribution in [0, 0.1) is 6.92 Å². The van der Waals surface area contributed by atoms with Gasteiger partial charge in [0.2, 0.25) is 0 Å². The summed E-state index contributed by atoms with van der Waals surface area (Å²) in [6.45, 7) is 2.49. The number of aromatic nitrogens is 3. The molecule has 1 aromatic carbocycles. The van der Waals surface area contributed by atoms with Crippen LogP contribution in [0.1, 0.15) is 50.7 Å². The van der Waals surface area contributed by atoms with Gasteiger partial charge in [-0.05, 0) is 37.1 Å². The average molecular weight is 358 g/mol. The summed E-state index contributed by atoms with van der Waals surface area (Å²) in [4.78, 5) is 31.7. The van der Waals surface area contributed by atoms with Crippen molar-refractivity contribution >= 4 is 17.4 Å². The highest BCUT2D eigenvalue weighted by Crippen LogP contribution is 2.44. The highest BCUT2D eigenvalue weighted by molar-refractivity contribution is 6.10. The molecule has 0 spiro atoms. The normalized spacial score (nSPS) is 17.9. The first kappa shape index (κ1) is 15.9. The van der Waals surface area contributed by atoms with Gasteiger partial charge in [0.1, 0.15) is 0 Å². The summed E-state index contributed by atoms with van der Waals surface area (Å²) in [7, 11) is 0. The number of benzene rings is 1. The highest BCUT2D eigenvalue weighted by atomic mass is 16.2. The molecule has 1 amide bonds. The minimum absolute atomic E-state index is 0.0788. The Bertz CT molecular complexity index is 1070. The van der Waals surface area contributed by atoms with Crippen LogP contribution in [0.4, 0.5) is 5.69 Å². The molecular formula is C21H18N4O2. The van der Waals surface area contributed by atoms with E-state index in [1.165, 1.54) is 0 Å². The van der Waals surface area contributed by atoms with Gasteiger partial charge in [0.15, 0.2) is 11.6 Å². The van der Waals surface area contributed by atoms with Crippen molar-refractivity contribution in [1.82, 2.24) is 14.8 Å². The number of pyridine rings is 1. The number of ketones is 1. The molecule has 6 heteroatoms. The lowest BCUT2D eigenvalue weighted by molar-refractivity contribution is 0.0968. The highest BCUT2D eigenvalue weighted by Gasteiger charge is 2.39. The summed E-state index contributed by atoms with van der Waals surface area (Å²) in [5.74, 6) is 1.02. The zero-order valence-electron chi connectivity index (χ0n) is 14.9. The maximum absolute atomic E-state index is 13.3. The van der Waals surface area contributed by atoms with Gasteiger partial charge in [0, 0.05) is 36.3 Å². The summed E-state index contributed by atoms with van der Waals surface area (Å²) in [5.41, 5.74) is 3.99. The first-order chi connectivity index (χ1) is 13.1. The minimum atomic E-state index is -0.0788. The maximum Gasteiger partial charge on any atom is 0.261 e. The predicted octanol–water partition coefficient (Wildman–Crippen LogP) is 3.30. The average Bonchev–Trinajstić information content (AvgIpc) is 3.27. The van der Waals surface area contributed by atoms with E-state index in [4.69, 9.17) is 0 Å². The summed E-state index contributed by atoms with van der Waals surface area (Å²) >= 11 is 0. The van der Waals surface area contributed by atoms with E-state index in [2.05, 4.69) is 10.1 Å². The third kappa shape index (κ3) is 2.33. The quantitative estimate of drug-likeness (QED) is 0.705. The number of Topliss-reactive ketones (excluding diaryl/α,β-unsaturated/α-hetero) is 1. The topological polar surface area (TPSA) is 68.1 Å². The third-order valence-electron chi connectivity index (χ3n) is 5.56. The summed E-state index contributed by atoms with van der Waals surface area (Å²) in [6, 6.07) is 11.3. The van der Waals surface area contributed by atoms with Gasteiger partial charge < -0.3 is 4.90 Å². The Labute approximate surface area is 156 Å². The van der Waals surface area contributed by atoms with E-state index in [9.17, 15) is 9.59 Å². The molecule has 27 heavy (non-hydrogen) atoms. The fourth-order valence-electron chi connectivity index (χ4n) is 4.21. The van der Waals surface area contributed by atoms with Crippen molar-refractivity contribution in [2.75, 3.05) is 11.4 Å². The lowest BCUT2D eigenvalue weighted by atomic mass is 9.83. The van der Waals surface area contributed by atoms with E-state index < -0.39 is 0 Å². The van der Waals surface area contributed by atoms with Crippen molar-refractivity contribution in [3.8, 4) is 5.82 Å². The fraction of sp³-hybridized carbons (Fsp3) is 0.238. The zero-order valence-corrected chi connectivity index (χ0v) is 14.9. The lowest BCUT2D eigenvalue weighted by Gasteiger charge is -2.18. The summed E-state index contributed by atoms with van der Waals surface area (Å²) in [5, 5.41) is 4.37. The van der Waals surface area contributed by atoms with Crippen molar-refractivity contribution in [3.05, 3.63) is 71.2 Å². The first-order valence-electron chi connectivity index (χ1n) is 9.09. The molecule has 0 saturated carbocycles. The number of nitrogens with zero attached hydrogens (tertiary/aromatic N) is 4. The number of rotatable bonds is 2. The summed E-state index contributed by atoms with van der Waals surface area (Å²) < 4.78 is 1.68.